The number of unbranched alkanes of at least 4 members (excludes halogenated alkanes) is 1. The van der Waals surface area contributed by atoms with Gasteiger partial charge in [-0.25, -0.2) is 0 Å². The highest BCUT2D eigenvalue weighted by molar-refractivity contribution is 5.94. The second-order valence-electron chi connectivity index (χ2n) is 7.00. The summed E-state index contributed by atoms with van der Waals surface area (Å²) in [7, 11) is 0. The van der Waals surface area contributed by atoms with Crippen LogP contribution in [0.4, 0.5) is 0 Å². The molecule has 8 nitrogen and oxygen atoms in total. The fraction of sp³-hybridized carbons (Fsp3) is 0.833. The number of carbonyl (C=O) groups excluding carboxylic acids is 3. The Bertz CT molecular complexity index is 454. The Labute approximate surface area is 156 Å². The molecule has 0 fully saturated rings. The van der Waals surface area contributed by atoms with Gasteiger partial charge >= 0.3 is 0 Å². The van der Waals surface area contributed by atoms with Gasteiger partial charge < -0.3 is 27.2 Å². The van der Waals surface area contributed by atoms with E-state index in [1.807, 2.05) is 6.92 Å². The first-order valence-electron chi connectivity index (χ1n) is 9.42. The van der Waals surface area contributed by atoms with Crippen molar-refractivity contribution in [1.29, 1.82) is 0 Å². The van der Waals surface area contributed by atoms with Crippen molar-refractivity contribution in [3.8, 4) is 0 Å². The summed E-state index contributed by atoms with van der Waals surface area (Å²) in [6, 6.07) is -2.00. The number of nitrogens with one attached hydrogen (secondary N) is 2. The Morgan fingerprint density at radius 3 is 2.04 bits per heavy atom. The largest absolute Gasteiger partial charge is 0.391 e. The van der Waals surface area contributed by atoms with Gasteiger partial charge in [0.2, 0.25) is 11.8 Å². The van der Waals surface area contributed by atoms with Crippen LogP contribution in [-0.2, 0) is 14.4 Å². The van der Waals surface area contributed by atoms with Crippen LogP contribution in [-0.4, -0.2) is 54.0 Å². The van der Waals surface area contributed by atoms with Gasteiger partial charge in [-0.1, -0.05) is 33.6 Å². The van der Waals surface area contributed by atoms with Gasteiger partial charge in [-0.05, 0) is 26.3 Å². The second kappa shape index (κ2) is 12.8. The van der Waals surface area contributed by atoms with Crippen LogP contribution in [0.3, 0.4) is 0 Å². The van der Waals surface area contributed by atoms with Crippen LogP contribution in [0, 0.1) is 11.8 Å². The Morgan fingerprint density at radius 2 is 1.62 bits per heavy atom. The van der Waals surface area contributed by atoms with Crippen molar-refractivity contribution in [2.24, 2.45) is 23.3 Å². The van der Waals surface area contributed by atoms with Crippen LogP contribution >= 0.6 is 0 Å². The highest BCUT2D eigenvalue weighted by Gasteiger charge is 2.31. The quantitative estimate of drug-likeness (QED) is 0.299. The predicted octanol–water partition coefficient (Wildman–Crippen LogP) is -0.324. The smallest absolute Gasteiger partial charge is 0.245 e. The van der Waals surface area contributed by atoms with E-state index < -0.39 is 24.1 Å². The maximum absolute atomic E-state index is 12.5. The molecular formula is C18H36N4O4. The lowest BCUT2D eigenvalue weighted by atomic mass is 9.96. The Morgan fingerprint density at radius 1 is 1.00 bits per heavy atom. The molecule has 0 saturated heterocycles. The highest BCUT2D eigenvalue weighted by atomic mass is 16.3. The van der Waals surface area contributed by atoms with Gasteiger partial charge in [0.05, 0.1) is 12.1 Å². The first-order chi connectivity index (χ1) is 12.2. The summed E-state index contributed by atoms with van der Waals surface area (Å²) >= 11 is 0. The molecule has 8 heteroatoms. The summed E-state index contributed by atoms with van der Waals surface area (Å²) in [5, 5.41) is 15.1. The number of carbonyl (C=O) groups is 3. The molecular weight excluding hydrogens is 336 g/mol. The standard InChI is InChI=1S/C18H36N4O4/c1-5-6-7-13(8-9-19)17(25)22-15(12(4)23)18(26)21-14(10-20)16(24)11(2)3/h11-15,23H,5-10,19-20H2,1-4H3,(H,21,26)(H,22,25)/t12?,13?,14-,15-/m0/s1. The van der Waals surface area contributed by atoms with Gasteiger partial charge in [0.15, 0.2) is 5.78 Å². The zero-order valence-electron chi connectivity index (χ0n) is 16.5. The molecule has 0 aromatic carbocycles. The molecule has 2 amide bonds. The molecule has 2 unspecified atom stereocenters. The maximum atomic E-state index is 12.5. The van der Waals surface area contributed by atoms with E-state index >= 15 is 0 Å². The van der Waals surface area contributed by atoms with E-state index in [0.717, 1.165) is 12.8 Å². The fourth-order valence-corrected chi connectivity index (χ4v) is 2.64. The van der Waals surface area contributed by atoms with Crippen LogP contribution in [0.15, 0.2) is 0 Å². The van der Waals surface area contributed by atoms with Gasteiger partial charge in [0.25, 0.3) is 0 Å². The molecule has 0 rings (SSSR count). The molecule has 0 saturated carbocycles. The van der Waals surface area contributed by atoms with Crippen molar-refractivity contribution >= 4 is 17.6 Å². The minimum atomic E-state index is -1.15. The lowest BCUT2D eigenvalue weighted by Crippen LogP contribution is -2.58. The number of rotatable bonds is 13. The highest BCUT2D eigenvalue weighted by Crippen LogP contribution is 2.13. The van der Waals surface area contributed by atoms with Gasteiger partial charge in [-0.3, -0.25) is 14.4 Å². The van der Waals surface area contributed by atoms with Crippen molar-refractivity contribution in [1.82, 2.24) is 10.6 Å². The van der Waals surface area contributed by atoms with Crippen molar-refractivity contribution in [2.75, 3.05) is 13.1 Å². The van der Waals surface area contributed by atoms with Crippen LogP contribution in [0.5, 0.6) is 0 Å². The van der Waals surface area contributed by atoms with E-state index in [1.54, 1.807) is 13.8 Å². The number of ketones is 1. The number of nitrogens with two attached hydrogens (primary N) is 2. The molecule has 0 aromatic heterocycles. The fourth-order valence-electron chi connectivity index (χ4n) is 2.64. The monoisotopic (exact) mass is 372 g/mol. The van der Waals surface area contributed by atoms with E-state index in [0.29, 0.717) is 19.4 Å². The first kappa shape index (κ1) is 24.5. The van der Waals surface area contributed by atoms with Crippen LogP contribution in [0.1, 0.15) is 53.4 Å². The molecule has 7 N–H and O–H groups in total. The van der Waals surface area contributed by atoms with E-state index in [-0.39, 0.29) is 30.1 Å². The third-order valence-corrected chi connectivity index (χ3v) is 4.32. The summed E-state index contributed by atoms with van der Waals surface area (Å²) in [6.07, 6.45) is 1.89. The minimum Gasteiger partial charge on any atom is -0.391 e. The van der Waals surface area contributed by atoms with E-state index in [1.165, 1.54) is 6.92 Å². The van der Waals surface area contributed by atoms with Crippen molar-refractivity contribution in [3.05, 3.63) is 0 Å². The van der Waals surface area contributed by atoms with Crippen LogP contribution in [0.2, 0.25) is 0 Å². The second-order valence-corrected chi connectivity index (χ2v) is 7.00. The number of aliphatic hydroxyl groups is 1. The van der Waals surface area contributed by atoms with Gasteiger partial charge in [-0.2, -0.15) is 0 Å². The molecule has 0 bridgehead atoms. The molecule has 0 aliphatic carbocycles. The zero-order valence-corrected chi connectivity index (χ0v) is 16.5. The number of hydrogen-bond acceptors (Lipinski definition) is 6. The molecule has 0 aromatic rings. The summed E-state index contributed by atoms with van der Waals surface area (Å²) in [5.74, 6) is -1.73. The van der Waals surface area contributed by atoms with Crippen LogP contribution in [0.25, 0.3) is 0 Å². The molecule has 152 valence electrons. The number of amides is 2. The van der Waals surface area contributed by atoms with Crippen LogP contribution < -0.4 is 22.1 Å². The molecule has 0 aliphatic rings. The van der Waals surface area contributed by atoms with Crippen molar-refractivity contribution in [3.63, 3.8) is 0 Å². The molecule has 0 radical (unpaired) electrons. The topological polar surface area (TPSA) is 148 Å². The molecule has 26 heavy (non-hydrogen) atoms. The average molecular weight is 373 g/mol. The third kappa shape index (κ3) is 8.25. The third-order valence-electron chi connectivity index (χ3n) is 4.32. The molecule has 4 atom stereocenters. The molecule has 0 heterocycles. The molecule has 0 aliphatic heterocycles. The predicted molar refractivity (Wildman–Crippen MR) is 101 cm³/mol. The summed E-state index contributed by atoms with van der Waals surface area (Å²) in [6.45, 7) is 7.20. The molecule has 0 spiro atoms. The Kier molecular flexibility index (Phi) is 12.0. The van der Waals surface area contributed by atoms with E-state index in [9.17, 15) is 19.5 Å². The van der Waals surface area contributed by atoms with E-state index in [2.05, 4.69) is 10.6 Å². The Balaban J connectivity index is 5.06. The number of aliphatic hydroxyl groups excluding tert-OH is 1. The van der Waals surface area contributed by atoms with Gasteiger partial charge in [0, 0.05) is 18.4 Å². The van der Waals surface area contributed by atoms with E-state index in [4.69, 9.17) is 11.5 Å². The zero-order chi connectivity index (χ0) is 20.3. The van der Waals surface area contributed by atoms with Crippen molar-refractivity contribution in [2.45, 2.75) is 71.6 Å². The lowest BCUT2D eigenvalue weighted by Gasteiger charge is -2.26. The minimum absolute atomic E-state index is 0.0461. The first-order valence-corrected chi connectivity index (χ1v) is 9.42. The Hall–Kier alpha value is -1.51. The van der Waals surface area contributed by atoms with Crippen molar-refractivity contribution < 1.29 is 19.5 Å². The van der Waals surface area contributed by atoms with Gasteiger partial charge in [0.1, 0.15) is 6.04 Å². The SMILES string of the molecule is CCCCC(CCN)C(=O)N[C@H](C(=O)N[C@@H](CN)C(=O)C(C)C)C(C)O. The number of Topliss-reactive ketones (excluding diaryl/α,β-unsaturated/α-hetero) is 1. The normalized spacial score (nSPS) is 15.8. The summed E-state index contributed by atoms with van der Waals surface area (Å²) < 4.78 is 0. The average Bonchev–Trinajstić information content (AvgIpc) is 2.59. The van der Waals surface area contributed by atoms with Gasteiger partial charge in [-0.15, -0.1) is 0 Å². The summed E-state index contributed by atoms with van der Waals surface area (Å²) in [4.78, 5) is 37.1. The maximum Gasteiger partial charge on any atom is 0.245 e. The number of hydrogen-bond donors (Lipinski definition) is 5. The lowest BCUT2D eigenvalue weighted by molar-refractivity contribution is -0.135. The summed E-state index contributed by atoms with van der Waals surface area (Å²) in [5.41, 5.74) is 11.2.